The third kappa shape index (κ3) is 7.75. The lowest BCUT2D eigenvalue weighted by molar-refractivity contribution is 0.183. The van der Waals surface area contributed by atoms with Crippen LogP contribution in [-0.4, -0.2) is 31.1 Å². The zero-order valence-corrected chi connectivity index (χ0v) is 17.5. The van der Waals surface area contributed by atoms with Crippen LogP contribution in [0.4, 0.5) is 5.69 Å². The largest absolute Gasteiger partial charge is 0.385 e. The van der Waals surface area contributed by atoms with Crippen molar-refractivity contribution in [3.05, 3.63) is 65.2 Å². The highest BCUT2D eigenvalue weighted by Crippen LogP contribution is 2.21. The van der Waals surface area contributed by atoms with Crippen LogP contribution in [0.15, 0.2) is 54.6 Å². The highest BCUT2D eigenvalue weighted by Gasteiger charge is 2.18. The molecule has 0 unspecified atom stereocenters. The van der Waals surface area contributed by atoms with E-state index in [1.165, 1.54) is 50.9 Å². The number of likely N-dealkylation sites (tertiary alicyclic amines) is 1. The molecular formula is C21H29Cl3N2. The van der Waals surface area contributed by atoms with Crippen molar-refractivity contribution >= 4 is 42.1 Å². The fourth-order valence-electron chi connectivity index (χ4n) is 3.46. The number of nitrogens with zero attached hydrogens (tertiary/aromatic N) is 1. The van der Waals surface area contributed by atoms with Crippen molar-refractivity contribution in [2.24, 2.45) is 5.92 Å². The van der Waals surface area contributed by atoms with Crippen molar-refractivity contribution < 1.29 is 0 Å². The van der Waals surface area contributed by atoms with E-state index in [1.54, 1.807) is 0 Å². The van der Waals surface area contributed by atoms with E-state index in [0.29, 0.717) is 0 Å². The molecule has 0 bridgehead atoms. The van der Waals surface area contributed by atoms with Crippen LogP contribution in [0.2, 0.25) is 5.02 Å². The molecule has 0 aromatic heterocycles. The molecule has 1 N–H and O–H groups in total. The average Bonchev–Trinajstić information content (AvgIpc) is 2.62. The molecule has 1 aliphatic heterocycles. The molecule has 2 aromatic carbocycles. The first-order valence-electron chi connectivity index (χ1n) is 9.05. The van der Waals surface area contributed by atoms with Crippen molar-refractivity contribution in [1.29, 1.82) is 0 Å². The molecule has 0 atom stereocenters. The Labute approximate surface area is 175 Å². The van der Waals surface area contributed by atoms with Crippen LogP contribution in [0.5, 0.6) is 0 Å². The fourth-order valence-corrected chi connectivity index (χ4v) is 3.59. The summed E-state index contributed by atoms with van der Waals surface area (Å²) in [7, 11) is 0. The van der Waals surface area contributed by atoms with Crippen molar-refractivity contribution in [3.8, 4) is 0 Å². The lowest BCUT2D eigenvalue weighted by atomic mass is 9.90. The highest BCUT2D eigenvalue weighted by atomic mass is 35.5. The van der Waals surface area contributed by atoms with E-state index in [2.05, 4.69) is 40.5 Å². The summed E-state index contributed by atoms with van der Waals surface area (Å²) in [5.41, 5.74) is 2.64. The van der Waals surface area contributed by atoms with E-state index in [0.717, 1.165) is 23.2 Å². The lowest BCUT2D eigenvalue weighted by Crippen LogP contribution is -2.35. The van der Waals surface area contributed by atoms with Crippen LogP contribution >= 0.6 is 36.4 Å². The van der Waals surface area contributed by atoms with Gasteiger partial charge in [-0.2, -0.15) is 0 Å². The second kappa shape index (κ2) is 12.5. The number of halogens is 3. The van der Waals surface area contributed by atoms with Crippen molar-refractivity contribution in [2.45, 2.75) is 25.7 Å². The maximum atomic E-state index is 5.90. The number of hydrogen-bond acceptors (Lipinski definition) is 2. The highest BCUT2D eigenvalue weighted by molar-refractivity contribution is 6.30. The predicted octanol–water partition coefficient (Wildman–Crippen LogP) is 5.94. The van der Waals surface area contributed by atoms with E-state index in [1.807, 2.05) is 24.3 Å². The SMILES string of the molecule is Cl.Cl.Clc1ccc(NCCCN2CCC(Cc3ccccc3)CC2)cc1. The first kappa shape index (κ1) is 23.1. The third-order valence-electron chi connectivity index (χ3n) is 4.90. The van der Waals surface area contributed by atoms with E-state index in [9.17, 15) is 0 Å². The third-order valence-corrected chi connectivity index (χ3v) is 5.15. The molecule has 3 rings (SSSR count). The molecule has 2 nitrogen and oxygen atoms in total. The van der Waals surface area contributed by atoms with Crippen molar-refractivity contribution in [1.82, 2.24) is 4.90 Å². The maximum absolute atomic E-state index is 5.90. The van der Waals surface area contributed by atoms with Crippen LogP contribution < -0.4 is 5.32 Å². The smallest absolute Gasteiger partial charge is 0.0407 e. The van der Waals surface area contributed by atoms with E-state index in [4.69, 9.17) is 11.6 Å². The topological polar surface area (TPSA) is 15.3 Å². The zero-order valence-electron chi connectivity index (χ0n) is 15.1. The molecule has 0 saturated carbocycles. The lowest BCUT2D eigenvalue weighted by Gasteiger charge is -2.32. The fraction of sp³-hybridized carbons (Fsp3) is 0.429. The van der Waals surface area contributed by atoms with Gasteiger partial charge in [0.25, 0.3) is 0 Å². The minimum atomic E-state index is 0. The quantitative estimate of drug-likeness (QED) is 0.563. The summed E-state index contributed by atoms with van der Waals surface area (Å²) in [6, 6.07) is 18.9. The van der Waals surface area contributed by atoms with Gasteiger partial charge in [-0.15, -0.1) is 24.8 Å². The Morgan fingerprint density at radius 1 is 0.923 bits per heavy atom. The molecule has 0 aliphatic carbocycles. The van der Waals surface area contributed by atoms with Gasteiger partial charge in [-0.25, -0.2) is 0 Å². The van der Waals surface area contributed by atoms with Gasteiger partial charge in [0.2, 0.25) is 0 Å². The summed E-state index contributed by atoms with van der Waals surface area (Å²) in [4.78, 5) is 2.62. The summed E-state index contributed by atoms with van der Waals surface area (Å²) in [5.74, 6) is 0.857. The van der Waals surface area contributed by atoms with Crippen LogP contribution in [0.25, 0.3) is 0 Å². The number of anilines is 1. The summed E-state index contributed by atoms with van der Waals surface area (Å²) >= 11 is 5.90. The van der Waals surface area contributed by atoms with Gasteiger partial charge in [-0.1, -0.05) is 41.9 Å². The van der Waals surface area contributed by atoms with Gasteiger partial charge in [-0.05, 0) is 81.1 Å². The van der Waals surface area contributed by atoms with E-state index < -0.39 is 0 Å². The predicted molar refractivity (Wildman–Crippen MR) is 118 cm³/mol. The summed E-state index contributed by atoms with van der Waals surface area (Å²) in [6.07, 6.45) is 5.10. The summed E-state index contributed by atoms with van der Waals surface area (Å²) < 4.78 is 0. The Bertz CT molecular complexity index is 596. The minimum absolute atomic E-state index is 0. The van der Waals surface area contributed by atoms with Gasteiger partial charge in [0.1, 0.15) is 0 Å². The first-order valence-corrected chi connectivity index (χ1v) is 9.43. The molecule has 26 heavy (non-hydrogen) atoms. The number of nitrogens with one attached hydrogen (secondary N) is 1. The average molecular weight is 416 g/mol. The Hall–Kier alpha value is -0.930. The van der Waals surface area contributed by atoms with Crippen LogP contribution in [-0.2, 0) is 6.42 Å². The zero-order chi connectivity index (χ0) is 16.6. The van der Waals surface area contributed by atoms with Gasteiger partial charge < -0.3 is 10.2 Å². The van der Waals surface area contributed by atoms with Gasteiger partial charge in [0, 0.05) is 17.3 Å². The maximum Gasteiger partial charge on any atom is 0.0407 e. The molecular weight excluding hydrogens is 387 g/mol. The van der Waals surface area contributed by atoms with Gasteiger partial charge >= 0.3 is 0 Å². The molecule has 1 saturated heterocycles. The molecule has 144 valence electrons. The van der Waals surface area contributed by atoms with Crippen LogP contribution in [0.3, 0.4) is 0 Å². The summed E-state index contributed by atoms with van der Waals surface area (Å²) in [5, 5.41) is 4.26. The molecule has 1 fully saturated rings. The monoisotopic (exact) mass is 414 g/mol. The van der Waals surface area contributed by atoms with Crippen molar-refractivity contribution in [2.75, 3.05) is 31.5 Å². The first-order chi connectivity index (χ1) is 11.8. The van der Waals surface area contributed by atoms with E-state index in [-0.39, 0.29) is 24.8 Å². The number of rotatable bonds is 7. The Kier molecular flexibility index (Phi) is 11.1. The van der Waals surface area contributed by atoms with E-state index >= 15 is 0 Å². The van der Waals surface area contributed by atoms with Crippen LogP contribution in [0.1, 0.15) is 24.8 Å². The number of benzene rings is 2. The Balaban J connectivity index is 0.00000169. The van der Waals surface area contributed by atoms with Crippen molar-refractivity contribution in [3.63, 3.8) is 0 Å². The molecule has 0 spiro atoms. The summed E-state index contributed by atoms with van der Waals surface area (Å²) in [6.45, 7) is 4.71. The second-order valence-corrected chi connectivity index (χ2v) is 7.20. The molecule has 5 heteroatoms. The standard InChI is InChI=1S/C21H27ClN2.2ClH/c22-20-7-9-21(10-8-20)23-13-4-14-24-15-11-19(12-16-24)17-18-5-2-1-3-6-18;;/h1-3,5-10,19,23H,4,11-17H2;2*1H. The van der Waals surface area contributed by atoms with Crippen LogP contribution in [0, 0.1) is 5.92 Å². The Morgan fingerprint density at radius 2 is 1.58 bits per heavy atom. The molecule has 1 aliphatic rings. The number of piperidine rings is 1. The normalized spacial score (nSPS) is 15.0. The second-order valence-electron chi connectivity index (χ2n) is 6.76. The minimum Gasteiger partial charge on any atom is -0.385 e. The number of hydrogen-bond donors (Lipinski definition) is 1. The molecule has 1 heterocycles. The Morgan fingerprint density at radius 3 is 2.23 bits per heavy atom. The van der Waals surface area contributed by atoms with Gasteiger partial charge in [0.05, 0.1) is 0 Å². The van der Waals surface area contributed by atoms with Gasteiger partial charge in [-0.3, -0.25) is 0 Å². The molecule has 2 aromatic rings. The molecule has 0 amide bonds. The van der Waals surface area contributed by atoms with Gasteiger partial charge in [0.15, 0.2) is 0 Å². The molecule has 0 radical (unpaired) electrons.